The first-order valence-corrected chi connectivity index (χ1v) is 3.94. The molecule has 0 unspecified atom stereocenters. The molecule has 0 bridgehead atoms. The highest BCUT2D eigenvalue weighted by atomic mass is 16.1. The largest absolute Gasteiger partial charge is 0.375 e. The smallest absolute Gasteiger partial charge is 0.209 e. The number of hydrogen-bond acceptors (Lipinski definition) is 3. The van der Waals surface area contributed by atoms with E-state index in [1.807, 2.05) is 0 Å². The number of ketones is 1. The third-order valence-corrected chi connectivity index (χ3v) is 1.73. The van der Waals surface area contributed by atoms with Crippen LogP contribution in [0, 0.1) is 0 Å². The Morgan fingerprint density at radius 3 is 2.69 bits per heavy atom. The molecule has 0 saturated carbocycles. The number of likely N-dealkylation sites (N-methyl/N-ethyl adjacent to an activating group) is 1. The van der Waals surface area contributed by atoms with E-state index in [0.717, 1.165) is 0 Å². The van der Waals surface area contributed by atoms with Crippen LogP contribution in [0.1, 0.15) is 10.4 Å². The SMILES string of the molecule is C=C(C(=O)c1cccnc1)N(C)C. The van der Waals surface area contributed by atoms with Crippen molar-refractivity contribution in [3.63, 3.8) is 0 Å². The molecular formula is C10H12N2O. The lowest BCUT2D eigenvalue weighted by Crippen LogP contribution is -2.18. The summed E-state index contributed by atoms with van der Waals surface area (Å²) in [4.78, 5) is 17.2. The molecule has 0 amide bonds. The van der Waals surface area contributed by atoms with Gasteiger partial charge in [-0.15, -0.1) is 0 Å². The van der Waals surface area contributed by atoms with Crippen LogP contribution >= 0.6 is 0 Å². The molecule has 0 saturated heterocycles. The van der Waals surface area contributed by atoms with Crippen LogP contribution in [-0.2, 0) is 0 Å². The molecule has 0 spiro atoms. The summed E-state index contributed by atoms with van der Waals surface area (Å²) in [6, 6.07) is 3.46. The molecule has 0 fully saturated rings. The Morgan fingerprint density at radius 2 is 2.23 bits per heavy atom. The molecule has 3 heteroatoms. The quantitative estimate of drug-likeness (QED) is 0.514. The van der Waals surface area contributed by atoms with Gasteiger partial charge in [0, 0.05) is 32.1 Å². The van der Waals surface area contributed by atoms with Crippen molar-refractivity contribution in [2.75, 3.05) is 14.1 Å². The molecule has 0 aromatic carbocycles. The number of pyridine rings is 1. The van der Waals surface area contributed by atoms with Crippen molar-refractivity contribution in [3.8, 4) is 0 Å². The first kappa shape index (κ1) is 9.45. The van der Waals surface area contributed by atoms with Gasteiger partial charge < -0.3 is 4.90 Å². The van der Waals surface area contributed by atoms with Gasteiger partial charge in [0.15, 0.2) is 0 Å². The molecule has 13 heavy (non-hydrogen) atoms. The number of carbonyl (C=O) groups is 1. The van der Waals surface area contributed by atoms with E-state index in [4.69, 9.17) is 0 Å². The van der Waals surface area contributed by atoms with E-state index in [-0.39, 0.29) is 5.78 Å². The van der Waals surface area contributed by atoms with Crippen LogP contribution in [-0.4, -0.2) is 29.8 Å². The van der Waals surface area contributed by atoms with Gasteiger partial charge in [0.1, 0.15) is 0 Å². The molecule has 1 heterocycles. The van der Waals surface area contributed by atoms with Crippen LogP contribution in [0.15, 0.2) is 36.8 Å². The first-order valence-electron chi connectivity index (χ1n) is 3.94. The van der Waals surface area contributed by atoms with Gasteiger partial charge in [-0.25, -0.2) is 0 Å². The summed E-state index contributed by atoms with van der Waals surface area (Å²) >= 11 is 0. The molecule has 0 aliphatic rings. The number of hydrogen-bond donors (Lipinski definition) is 0. The second-order valence-corrected chi connectivity index (χ2v) is 2.91. The van der Waals surface area contributed by atoms with Gasteiger partial charge in [-0.2, -0.15) is 0 Å². The molecule has 0 radical (unpaired) electrons. The fourth-order valence-corrected chi connectivity index (χ4v) is 0.867. The summed E-state index contributed by atoms with van der Waals surface area (Å²) in [6.07, 6.45) is 3.17. The Labute approximate surface area is 77.7 Å². The maximum Gasteiger partial charge on any atom is 0.209 e. The van der Waals surface area contributed by atoms with E-state index in [1.54, 1.807) is 37.3 Å². The highest BCUT2D eigenvalue weighted by Gasteiger charge is 2.10. The summed E-state index contributed by atoms with van der Waals surface area (Å²) in [5, 5.41) is 0. The second-order valence-electron chi connectivity index (χ2n) is 2.91. The lowest BCUT2D eigenvalue weighted by atomic mass is 10.1. The van der Waals surface area contributed by atoms with Crippen LogP contribution in [0.25, 0.3) is 0 Å². The fourth-order valence-electron chi connectivity index (χ4n) is 0.867. The van der Waals surface area contributed by atoms with Crippen molar-refractivity contribution in [3.05, 3.63) is 42.4 Å². The van der Waals surface area contributed by atoms with Crippen molar-refractivity contribution in [1.82, 2.24) is 9.88 Å². The van der Waals surface area contributed by atoms with Gasteiger partial charge in [0.05, 0.1) is 5.70 Å². The minimum atomic E-state index is -0.0851. The van der Waals surface area contributed by atoms with Crippen molar-refractivity contribution in [2.24, 2.45) is 0 Å². The Kier molecular flexibility index (Phi) is 2.80. The van der Waals surface area contributed by atoms with Crippen molar-refractivity contribution < 1.29 is 4.79 Å². The number of allylic oxidation sites excluding steroid dienone is 1. The van der Waals surface area contributed by atoms with E-state index >= 15 is 0 Å². The maximum atomic E-state index is 11.6. The average Bonchev–Trinajstić information content (AvgIpc) is 2.17. The predicted molar refractivity (Wildman–Crippen MR) is 51.4 cm³/mol. The first-order chi connectivity index (χ1) is 6.13. The van der Waals surface area contributed by atoms with Crippen LogP contribution in [0.4, 0.5) is 0 Å². The Morgan fingerprint density at radius 1 is 1.54 bits per heavy atom. The van der Waals surface area contributed by atoms with Gasteiger partial charge in [-0.1, -0.05) is 6.58 Å². The maximum absolute atomic E-state index is 11.6. The Bertz CT molecular complexity index is 317. The minimum Gasteiger partial charge on any atom is -0.375 e. The molecule has 1 aromatic rings. The number of rotatable bonds is 3. The van der Waals surface area contributed by atoms with Crippen LogP contribution in [0.5, 0.6) is 0 Å². The molecule has 1 aromatic heterocycles. The highest BCUT2D eigenvalue weighted by molar-refractivity contribution is 6.07. The topological polar surface area (TPSA) is 33.2 Å². The van der Waals surface area contributed by atoms with Crippen molar-refractivity contribution in [2.45, 2.75) is 0 Å². The highest BCUT2D eigenvalue weighted by Crippen LogP contribution is 2.06. The summed E-state index contributed by atoms with van der Waals surface area (Å²) in [6.45, 7) is 3.68. The molecule has 0 aliphatic carbocycles. The molecule has 68 valence electrons. The van der Waals surface area contributed by atoms with Crippen LogP contribution in [0.3, 0.4) is 0 Å². The molecule has 0 atom stereocenters. The molecule has 0 N–H and O–H groups in total. The standard InChI is InChI=1S/C10H12N2O/c1-8(12(2)3)10(13)9-5-4-6-11-7-9/h4-7H,1H2,2-3H3. The zero-order valence-electron chi connectivity index (χ0n) is 7.82. The summed E-state index contributed by atoms with van der Waals surface area (Å²) in [7, 11) is 3.58. The van der Waals surface area contributed by atoms with Gasteiger partial charge in [-0.05, 0) is 12.1 Å². The van der Waals surface area contributed by atoms with Crippen molar-refractivity contribution >= 4 is 5.78 Å². The normalized spacial score (nSPS) is 9.38. The summed E-state index contributed by atoms with van der Waals surface area (Å²) in [5.41, 5.74) is 1.04. The zero-order valence-corrected chi connectivity index (χ0v) is 7.82. The third kappa shape index (κ3) is 2.15. The number of aromatic nitrogens is 1. The van der Waals surface area contributed by atoms with Gasteiger partial charge in [-0.3, -0.25) is 9.78 Å². The Hall–Kier alpha value is -1.64. The lowest BCUT2D eigenvalue weighted by Gasteiger charge is -2.13. The van der Waals surface area contributed by atoms with E-state index in [2.05, 4.69) is 11.6 Å². The van der Waals surface area contributed by atoms with Crippen molar-refractivity contribution in [1.29, 1.82) is 0 Å². The molecular weight excluding hydrogens is 164 g/mol. The second kappa shape index (κ2) is 3.85. The average molecular weight is 176 g/mol. The van der Waals surface area contributed by atoms with E-state index in [1.165, 1.54) is 6.20 Å². The Balaban J connectivity index is 2.87. The summed E-state index contributed by atoms with van der Waals surface area (Å²) < 4.78 is 0. The lowest BCUT2D eigenvalue weighted by molar-refractivity contribution is 0.100. The van der Waals surface area contributed by atoms with Gasteiger partial charge >= 0.3 is 0 Å². The number of nitrogens with zero attached hydrogens (tertiary/aromatic N) is 2. The zero-order chi connectivity index (χ0) is 9.84. The molecule has 1 rings (SSSR count). The molecule has 0 aliphatic heterocycles. The van der Waals surface area contributed by atoms with Gasteiger partial charge in [0.2, 0.25) is 5.78 Å². The molecule has 3 nitrogen and oxygen atoms in total. The van der Waals surface area contributed by atoms with E-state index in [0.29, 0.717) is 11.3 Å². The monoisotopic (exact) mass is 176 g/mol. The van der Waals surface area contributed by atoms with Crippen LogP contribution in [0.2, 0.25) is 0 Å². The minimum absolute atomic E-state index is 0.0851. The third-order valence-electron chi connectivity index (χ3n) is 1.73. The summed E-state index contributed by atoms with van der Waals surface area (Å²) in [5.74, 6) is -0.0851. The number of Topliss-reactive ketones (excluding diaryl/α,β-unsaturated/α-hetero) is 1. The predicted octanol–water partition coefficient (Wildman–Crippen LogP) is 1.34. The number of carbonyl (C=O) groups excluding carboxylic acids is 1. The van der Waals surface area contributed by atoms with Gasteiger partial charge in [0.25, 0.3) is 0 Å². The van der Waals surface area contributed by atoms with E-state index in [9.17, 15) is 4.79 Å². The van der Waals surface area contributed by atoms with Crippen LogP contribution < -0.4 is 0 Å². The fraction of sp³-hybridized carbons (Fsp3) is 0.200. The van der Waals surface area contributed by atoms with E-state index < -0.39 is 0 Å².